The highest BCUT2D eigenvalue weighted by Gasteiger charge is 2.21. The molecule has 6 nitrogen and oxygen atoms in total. The van der Waals surface area contributed by atoms with E-state index < -0.39 is 19.4 Å². The summed E-state index contributed by atoms with van der Waals surface area (Å²) >= 11 is 0. The fourth-order valence-corrected chi connectivity index (χ4v) is 2.18. The van der Waals surface area contributed by atoms with Gasteiger partial charge in [0.05, 0.1) is 39.4 Å². The van der Waals surface area contributed by atoms with Crippen LogP contribution in [0, 0.1) is 0 Å². The van der Waals surface area contributed by atoms with Crippen LogP contribution in [-0.2, 0) is 11.3 Å². The lowest BCUT2D eigenvalue weighted by atomic mass is 10.1. The summed E-state index contributed by atoms with van der Waals surface area (Å²) in [5.41, 5.74) is 0.448. The first kappa shape index (κ1) is 8.26. The Kier molecular flexibility index (Phi) is 2.12. The third-order valence-corrected chi connectivity index (χ3v) is 3.29. The maximum Gasteiger partial charge on any atom is 0.335 e. The molecule has 6 heteroatoms. The molecule has 0 bridgehead atoms. The maximum absolute atomic E-state index is 11.4. The van der Waals surface area contributed by atoms with Gasteiger partial charge in [0.15, 0.2) is 0 Å². The first-order chi connectivity index (χ1) is 11.6. The van der Waals surface area contributed by atoms with Crippen molar-refractivity contribution in [3.8, 4) is 5.75 Å². The van der Waals surface area contributed by atoms with Crippen molar-refractivity contribution in [2.24, 2.45) is 0 Å². The summed E-state index contributed by atoms with van der Waals surface area (Å²) in [5.74, 6) is -1.47. The van der Waals surface area contributed by atoms with Crippen molar-refractivity contribution in [1.82, 2.24) is 9.55 Å². The minimum atomic E-state index is -3.04. The summed E-state index contributed by atoms with van der Waals surface area (Å²) in [5, 5.41) is 9.28. The highest BCUT2D eigenvalue weighted by Crippen LogP contribution is 2.28. The van der Waals surface area contributed by atoms with Gasteiger partial charge in [-0.25, -0.2) is 9.78 Å². The average Bonchev–Trinajstić information content (AvgIpc) is 2.84. The second-order valence-corrected chi connectivity index (χ2v) is 4.53. The molecule has 106 valence electrons. The summed E-state index contributed by atoms with van der Waals surface area (Å²) in [7, 11) is 0. The number of hydrogen-bond acceptors (Lipinski definition) is 4. The smallest absolute Gasteiger partial charge is 0.335 e. The normalized spacial score (nSPS) is 23.0. The van der Waals surface area contributed by atoms with E-state index in [0.717, 1.165) is 12.5 Å². The average molecular weight is 281 g/mol. The zero-order valence-corrected chi connectivity index (χ0v) is 10.5. The molecule has 2 aromatic rings. The summed E-state index contributed by atoms with van der Waals surface area (Å²) in [4.78, 5) is 15.5. The molecule has 1 aliphatic heterocycles. The number of nitrogens with zero attached hydrogens (tertiary/aromatic N) is 2. The van der Waals surface area contributed by atoms with Crippen LogP contribution in [0.4, 0.5) is 0 Å². The van der Waals surface area contributed by atoms with Gasteiger partial charge in [-0.2, -0.15) is 0 Å². The van der Waals surface area contributed by atoms with Crippen molar-refractivity contribution in [2.45, 2.75) is 25.9 Å². The molecule has 1 N–H and O–H groups in total. The van der Waals surface area contributed by atoms with Gasteiger partial charge in [0, 0.05) is 10.7 Å². The van der Waals surface area contributed by atoms with Crippen molar-refractivity contribution < 1.29 is 26.2 Å². The largest absolute Gasteiger partial charge is 0.492 e. The first-order valence-corrected chi connectivity index (χ1v) is 6.11. The minimum Gasteiger partial charge on any atom is -0.492 e. The van der Waals surface area contributed by atoms with Gasteiger partial charge in [0.25, 0.3) is 0 Å². The van der Waals surface area contributed by atoms with E-state index in [2.05, 4.69) is 4.98 Å². The van der Waals surface area contributed by atoms with Gasteiger partial charge in [-0.05, 0) is 25.4 Å². The molecular weight excluding hydrogens is 260 g/mol. The number of ether oxygens (including phenoxy) is 2. The van der Waals surface area contributed by atoms with E-state index in [1.807, 2.05) is 0 Å². The van der Waals surface area contributed by atoms with Crippen molar-refractivity contribution in [3.63, 3.8) is 0 Å². The van der Waals surface area contributed by atoms with Crippen LogP contribution in [0.2, 0.25) is 0 Å². The number of carboxylic acids is 1. The van der Waals surface area contributed by atoms with Gasteiger partial charge < -0.3 is 19.1 Å². The number of imidazole rings is 1. The Morgan fingerprint density at radius 1 is 1.75 bits per heavy atom. The quantitative estimate of drug-likeness (QED) is 0.906. The minimum absolute atomic E-state index is 0.00377. The predicted molar refractivity (Wildman–Crippen MR) is 72.2 cm³/mol. The predicted octanol–water partition coefficient (Wildman–Crippen LogP) is 1.92. The Morgan fingerprint density at radius 3 is 3.25 bits per heavy atom. The Morgan fingerprint density at radius 2 is 2.60 bits per heavy atom. The van der Waals surface area contributed by atoms with Crippen molar-refractivity contribution in [3.05, 3.63) is 24.0 Å². The van der Waals surface area contributed by atoms with Crippen molar-refractivity contribution in [2.75, 3.05) is 13.2 Å². The lowest BCUT2D eigenvalue weighted by Crippen LogP contribution is -2.30. The number of aromatic carboxylic acids is 1. The Labute approximate surface area is 123 Å². The zero-order chi connectivity index (χ0) is 18.4. The molecular formula is C14H16N2O4. The van der Waals surface area contributed by atoms with E-state index in [4.69, 9.17) is 16.3 Å². The van der Waals surface area contributed by atoms with E-state index >= 15 is 0 Å². The number of fused-ring (bicyclic) bond motifs is 1. The Bertz CT molecular complexity index is 813. The van der Waals surface area contributed by atoms with Crippen LogP contribution in [0.15, 0.2) is 18.5 Å². The molecule has 0 radical (unpaired) electrons. The van der Waals surface area contributed by atoms with Gasteiger partial charge in [-0.15, -0.1) is 0 Å². The van der Waals surface area contributed by atoms with Crippen LogP contribution in [-0.4, -0.2) is 39.9 Å². The summed E-state index contributed by atoms with van der Waals surface area (Å²) in [6.07, 6.45) is 2.35. The van der Waals surface area contributed by atoms with Crippen LogP contribution in [0.25, 0.3) is 11.0 Å². The Hall–Kier alpha value is -2.08. The number of benzene rings is 1. The third kappa shape index (κ3) is 2.22. The van der Waals surface area contributed by atoms with Crippen LogP contribution in [0.5, 0.6) is 5.75 Å². The fraction of sp³-hybridized carbons (Fsp3) is 0.429. The highest BCUT2D eigenvalue weighted by molar-refractivity contribution is 5.95. The first-order valence-electron chi connectivity index (χ1n) is 8.61. The molecule has 0 aliphatic carbocycles. The molecule has 0 amide bonds. The summed E-state index contributed by atoms with van der Waals surface area (Å²) in [6, 6.07) is 2.46. The highest BCUT2D eigenvalue weighted by atomic mass is 16.5. The molecule has 3 rings (SSSR count). The molecule has 1 aromatic heterocycles. The molecule has 20 heavy (non-hydrogen) atoms. The van der Waals surface area contributed by atoms with E-state index in [-0.39, 0.29) is 22.9 Å². The maximum atomic E-state index is 11.4. The van der Waals surface area contributed by atoms with Crippen molar-refractivity contribution >= 4 is 17.0 Å². The lowest BCUT2D eigenvalue weighted by molar-refractivity contribution is -0.0586. The number of carboxylic acid groups (broad SMARTS) is 1. The van der Waals surface area contributed by atoms with E-state index in [1.54, 1.807) is 4.57 Å². The van der Waals surface area contributed by atoms with E-state index in [9.17, 15) is 9.90 Å². The molecule has 1 saturated heterocycles. The van der Waals surface area contributed by atoms with Gasteiger partial charge in [0.2, 0.25) is 0 Å². The molecule has 1 fully saturated rings. The van der Waals surface area contributed by atoms with Crippen LogP contribution >= 0.6 is 0 Å². The van der Waals surface area contributed by atoms with Gasteiger partial charge in [0.1, 0.15) is 11.3 Å². The summed E-state index contributed by atoms with van der Waals surface area (Å²) in [6.45, 7) is -4.89. The van der Waals surface area contributed by atoms with Gasteiger partial charge in [-0.1, -0.05) is 0 Å². The molecule has 2 heterocycles. The van der Waals surface area contributed by atoms with Crippen LogP contribution < -0.4 is 4.74 Å². The summed E-state index contributed by atoms with van der Waals surface area (Å²) < 4.78 is 49.0. The number of carbonyl (C=O) groups is 1. The number of rotatable bonds is 5. The lowest BCUT2D eigenvalue weighted by Gasteiger charge is -2.26. The fourth-order valence-electron chi connectivity index (χ4n) is 2.18. The standard InChI is InChI=1S/C14H16N2O4/c1-2-19-12-6-9(14(17)18)5-11-13(12)15-8-16(11)7-10-3-4-20-10/h5-6,8,10H,2-4,7H2,1H3,(H,17,18)/t10-/m0/s1/i1D3,2D2. The molecule has 1 atom stereocenters. The van der Waals surface area contributed by atoms with Crippen LogP contribution in [0.1, 0.15) is 30.5 Å². The van der Waals surface area contributed by atoms with E-state index in [0.29, 0.717) is 18.7 Å². The molecule has 1 aliphatic rings. The third-order valence-electron chi connectivity index (χ3n) is 3.29. The monoisotopic (exact) mass is 281 g/mol. The zero-order valence-electron chi connectivity index (χ0n) is 15.5. The van der Waals surface area contributed by atoms with E-state index in [1.165, 1.54) is 12.4 Å². The molecule has 1 aromatic carbocycles. The second kappa shape index (κ2) is 5.13. The molecule has 0 spiro atoms. The second-order valence-electron chi connectivity index (χ2n) is 4.53. The molecule has 0 saturated carbocycles. The van der Waals surface area contributed by atoms with Gasteiger partial charge in [-0.3, -0.25) is 0 Å². The number of hydrogen-bond donors (Lipinski definition) is 1. The topological polar surface area (TPSA) is 73.6 Å². The number of aromatic nitrogens is 2. The van der Waals surface area contributed by atoms with Gasteiger partial charge >= 0.3 is 5.97 Å². The van der Waals surface area contributed by atoms with Crippen LogP contribution in [0.3, 0.4) is 0 Å². The Balaban J connectivity index is 2.06. The van der Waals surface area contributed by atoms with Crippen molar-refractivity contribution in [1.29, 1.82) is 0 Å². The SMILES string of the molecule is [2H]C([2H])([2H])C([2H])([2H])Oc1cc(C(=O)O)cc2c1ncn2C[C@@H]1CCO1. The molecule has 0 unspecified atom stereocenters.